The predicted molar refractivity (Wildman–Crippen MR) is 70.0 cm³/mol. The van der Waals surface area contributed by atoms with E-state index >= 15 is 0 Å². The zero-order valence-corrected chi connectivity index (χ0v) is 11.2. The van der Waals surface area contributed by atoms with E-state index in [-0.39, 0.29) is 0 Å². The molecular formula is C13H19NO2S. The van der Waals surface area contributed by atoms with Crippen molar-refractivity contribution in [1.29, 1.82) is 0 Å². The van der Waals surface area contributed by atoms with Gasteiger partial charge in [0.05, 0.1) is 10.6 Å². The van der Waals surface area contributed by atoms with Crippen LogP contribution in [0.3, 0.4) is 0 Å². The van der Waals surface area contributed by atoms with Crippen LogP contribution >= 0.6 is 0 Å². The number of hydrogen-bond donors (Lipinski definition) is 1. The average Bonchev–Trinajstić information content (AvgIpc) is 3.06. The second kappa shape index (κ2) is 4.33. The van der Waals surface area contributed by atoms with E-state index in [0.29, 0.717) is 10.3 Å². The molecule has 17 heavy (non-hydrogen) atoms. The van der Waals surface area contributed by atoms with Crippen molar-refractivity contribution in [3.8, 4) is 0 Å². The molecule has 0 aromatic heterocycles. The highest BCUT2D eigenvalue weighted by Crippen LogP contribution is 2.48. The fourth-order valence-electron chi connectivity index (χ4n) is 2.05. The lowest BCUT2D eigenvalue weighted by Crippen LogP contribution is -2.16. The quantitative estimate of drug-likeness (QED) is 0.877. The average molecular weight is 253 g/mol. The van der Waals surface area contributed by atoms with Gasteiger partial charge >= 0.3 is 0 Å². The van der Waals surface area contributed by atoms with Gasteiger partial charge in [0.2, 0.25) is 0 Å². The molecular weight excluding hydrogens is 234 g/mol. The Morgan fingerprint density at radius 2 is 1.94 bits per heavy atom. The zero-order chi connectivity index (χ0) is 12.5. The lowest BCUT2D eigenvalue weighted by molar-refractivity contribution is 0.521. The third-order valence-corrected chi connectivity index (χ3v) is 4.80. The minimum absolute atomic E-state index is 0.395. The molecule has 1 aromatic carbocycles. The lowest BCUT2D eigenvalue weighted by Gasteiger charge is -2.16. The summed E-state index contributed by atoms with van der Waals surface area (Å²) in [7, 11) is -3.15. The number of anilines is 1. The number of sulfone groups is 1. The third kappa shape index (κ3) is 2.80. The first-order valence-corrected chi connectivity index (χ1v) is 7.89. The van der Waals surface area contributed by atoms with Crippen molar-refractivity contribution < 1.29 is 8.42 Å². The van der Waals surface area contributed by atoms with Crippen molar-refractivity contribution in [2.24, 2.45) is 5.41 Å². The van der Waals surface area contributed by atoms with E-state index in [2.05, 4.69) is 12.2 Å². The van der Waals surface area contributed by atoms with Crippen LogP contribution in [0.5, 0.6) is 0 Å². The van der Waals surface area contributed by atoms with Gasteiger partial charge in [0.15, 0.2) is 9.84 Å². The first-order valence-electron chi connectivity index (χ1n) is 6.00. The van der Waals surface area contributed by atoms with Gasteiger partial charge in [-0.3, -0.25) is 0 Å². The predicted octanol–water partition coefficient (Wildman–Crippen LogP) is 2.69. The molecule has 0 spiro atoms. The number of hydrogen-bond acceptors (Lipinski definition) is 3. The highest BCUT2D eigenvalue weighted by Gasteiger charge is 2.40. The minimum atomic E-state index is -3.15. The van der Waals surface area contributed by atoms with E-state index in [1.807, 2.05) is 12.1 Å². The van der Waals surface area contributed by atoms with Crippen molar-refractivity contribution >= 4 is 15.5 Å². The van der Waals surface area contributed by atoms with E-state index in [1.165, 1.54) is 19.1 Å². The molecule has 1 aromatic rings. The summed E-state index contributed by atoms with van der Waals surface area (Å²) in [5.74, 6) is 0. The van der Waals surface area contributed by atoms with Gasteiger partial charge in [0.1, 0.15) is 0 Å². The summed E-state index contributed by atoms with van der Waals surface area (Å²) in [5.41, 5.74) is 1.14. The highest BCUT2D eigenvalue weighted by atomic mass is 32.2. The largest absolute Gasteiger partial charge is 0.383 e. The Balaban J connectivity index is 2.16. The first-order chi connectivity index (χ1) is 7.97. The number of nitrogens with one attached hydrogen (secondary N) is 1. The summed E-state index contributed by atoms with van der Waals surface area (Å²) >= 11 is 0. The van der Waals surface area contributed by atoms with E-state index in [9.17, 15) is 8.42 Å². The van der Waals surface area contributed by atoms with Gasteiger partial charge in [0, 0.05) is 12.8 Å². The SMILES string of the molecule is CCC1(CNc2ccccc2S(C)(=O)=O)CC1. The Hall–Kier alpha value is -1.03. The smallest absolute Gasteiger partial charge is 0.177 e. The molecule has 1 fully saturated rings. The molecule has 0 saturated heterocycles. The van der Waals surface area contributed by atoms with Crippen LogP contribution in [-0.4, -0.2) is 21.2 Å². The molecule has 2 rings (SSSR count). The first kappa shape index (κ1) is 12.4. The van der Waals surface area contributed by atoms with Gasteiger partial charge in [-0.2, -0.15) is 0 Å². The van der Waals surface area contributed by atoms with Crippen molar-refractivity contribution in [2.75, 3.05) is 18.1 Å². The maximum absolute atomic E-state index is 11.6. The maximum atomic E-state index is 11.6. The van der Waals surface area contributed by atoms with Crippen LogP contribution in [-0.2, 0) is 9.84 Å². The summed E-state index contributed by atoms with van der Waals surface area (Å²) in [6.45, 7) is 3.06. The van der Waals surface area contributed by atoms with Crippen LogP contribution in [0.1, 0.15) is 26.2 Å². The molecule has 1 N–H and O–H groups in total. The van der Waals surface area contributed by atoms with Gasteiger partial charge in [-0.15, -0.1) is 0 Å². The van der Waals surface area contributed by atoms with E-state index in [4.69, 9.17) is 0 Å². The minimum Gasteiger partial charge on any atom is -0.383 e. The van der Waals surface area contributed by atoms with Crippen LogP contribution in [0.25, 0.3) is 0 Å². The number of para-hydroxylation sites is 1. The molecule has 94 valence electrons. The van der Waals surface area contributed by atoms with E-state index < -0.39 is 9.84 Å². The fraction of sp³-hybridized carbons (Fsp3) is 0.538. The van der Waals surface area contributed by atoms with Crippen LogP contribution in [0.4, 0.5) is 5.69 Å². The second-order valence-electron chi connectivity index (χ2n) is 4.98. The van der Waals surface area contributed by atoms with Gasteiger partial charge in [-0.05, 0) is 36.8 Å². The summed E-state index contributed by atoms with van der Waals surface area (Å²) in [6.07, 6.45) is 4.90. The van der Waals surface area contributed by atoms with Gasteiger partial charge in [-0.25, -0.2) is 8.42 Å². The Bertz CT molecular complexity index is 504. The lowest BCUT2D eigenvalue weighted by atomic mass is 10.0. The molecule has 0 bridgehead atoms. The van der Waals surface area contributed by atoms with Crippen LogP contribution in [0.2, 0.25) is 0 Å². The molecule has 0 unspecified atom stereocenters. The normalized spacial score (nSPS) is 17.8. The summed E-state index contributed by atoms with van der Waals surface area (Å²) < 4.78 is 23.2. The topological polar surface area (TPSA) is 46.2 Å². The Labute approximate surface area is 103 Å². The van der Waals surface area contributed by atoms with Gasteiger partial charge < -0.3 is 5.32 Å². The zero-order valence-electron chi connectivity index (χ0n) is 10.4. The molecule has 3 nitrogen and oxygen atoms in total. The molecule has 0 aliphatic heterocycles. The molecule has 0 radical (unpaired) electrons. The standard InChI is InChI=1S/C13H19NO2S/c1-3-13(8-9-13)10-14-11-6-4-5-7-12(11)17(2,15)16/h4-7,14H,3,8-10H2,1-2H3. The summed E-state index contributed by atoms with van der Waals surface area (Å²) in [5, 5.41) is 3.29. The molecule has 1 aliphatic rings. The van der Waals surface area contributed by atoms with Crippen LogP contribution in [0, 0.1) is 5.41 Å². The second-order valence-corrected chi connectivity index (χ2v) is 6.96. The molecule has 0 heterocycles. The maximum Gasteiger partial charge on any atom is 0.177 e. The van der Waals surface area contributed by atoms with Crippen molar-refractivity contribution in [3.63, 3.8) is 0 Å². The molecule has 1 saturated carbocycles. The number of benzene rings is 1. The fourth-order valence-corrected chi connectivity index (χ4v) is 2.92. The highest BCUT2D eigenvalue weighted by molar-refractivity contribution is 7.90. The molecule has 4 heteroatoms. The Kier molecular flexibility index (Phi) is 3.17. The van der Waals surface area contributed by atoms with Gasteiger partial charge in [0.25, 0.3) is 0 Å². The van der Waals surface area contributed by atoms with Crippen molar-refractivity contribution in [1.82, 2.24) is 0 Å². The summed E-state index contributed by atoms with van der Waals surface area (Å²) in [4.78, 5) is 0.395. The van der Waals surface area contributed by atoms with Crippen LogP contribution in [0.15, 0.2) is 29.2 Å². The summed E-state index contributed by atoms with van der Waals surface area (Å²) in [6, 6.07) is 7.11. The van der Waals surface area contributed by atoms with E-state index in [0.717, 1.165) is 18.7 Å². The molecule has 0 amide bonds. The van der Waals surface area contributed by atoms with Crippen molar-refractivity contribution in [3.05, 3.63) is 24.3 Å². The van der Waals surface area contributed by atoms with Crippen molar-refractivity contribution in [2.45, 2.75) is 31.1 Å². The van der Waals surface area contributed by atoms with Crippen LogP contribution < -0.4 is 5.32 Å². The Morgan fingerprint density at radius 3 is 2.47 bits per heavy atom. The Morgan fingerprint density at radius 1 is 1.29 bits per heavy atom. The molecule has 0 atom stereocenters. The van der Waals surface area contributed by atoms with E-state index in [1.54, 1.807) is 12.1 Å². The monoisotopic (exact) mass is 253 g/mol. The number of rotatable bonds is 5. The van der Waals surface area contributed by atoms with Gasteiger partial charge in [-0.1, -0.05) is 19.1 Å². The molecule has 1 aliphatic carbocycles. The third-order valence-electron chi connectivity index (χ3n) is 3.65.